The quantitative estimate of drug-likeness (QED) is 0.658. The van der Waals surface area contributed by atoms with Gasteiger partial charge in [-0.3, -0.25) is 4.79 Å². The second-order valence-electron chi connectivity index (χ2n) is 5.35. The first-order valence-corrected chi connectivity index (χ1v) is 8.89. The van der Waals surface area contributed by atoms with E-state index in [2.05, 4.69) is 10.0 Å². The van der Waals surface area contributed by atoms with Gasteiger partial charge in [-0.1, -0.05) is 25.8 Å². The molecule has 1 rings (SSSR count). The van der Waals surface area contributed by atoms with Crippen LogP contribution in [0.2, 0.25) is 0 Å². The second-order valence-corrected chi connectivity index (χ2v) is 7.07. The molecule has 1 unspecified atom stereocenters. The van der Waals surface area contributed by atoms with Crippen LogP contribution in [-0.2, 0) is 14.8 Å². The van der Waals surface area contributed by atoms with Crippen molar-refractivity contribution in [2.75, 3.05) is 11.9 Å². The van der Waals surface area contributed by atoms with Crippen molar-refractivity contribution in [3.8, 4) is 0 Å². The summed E-state index contributed by atoms with van der Waals surface area (Å²) < 4.78 is 27.5. The van der Waals surface area contributed by atoms with Crippen LogP contribution in [0, 0.1) is 6.92 Å². The lowest BCUT2D eigenvalue weighted by Crippen LogP contribution is -2.40. The Kier molecular flexibility index (Phi) is 9.38. The highest BCUT2D eigenvalue weighted by atomic mass is 35.5. The summed E-state index contributed by atoms with van der Waals surface area (Å²) in [6.45, 7) is 5.48. The minimum absolute atomic E-state index is 0. The summed E-state index contributed by atoms with van der Waals surface area (Å²) in [5.41, 5.74) is 6.93. The Hall–Kier alpha value is -1.15. The maximum atomic E-state index is 12.4. The van der Waals surface area contributed by atoms with Crippen molar-refractivity contribution < 1.29 is 13.2 Å². The maximum absolute atomic E-state index is 12.4. The predicted octanol–water partition coefficient (Wildman–Crippen LogP) is 2.17. The number of carbonyl (C=O) groups is 1. The number of nitrogens with one attached hydrogen (secondary N) is 2. The molecule has 0 aliphatic carbocycles. The molecule has 0 radical (unpaired) electrons. The van der Waals surface area contributed by atoms with Crippen LogP contribution < -0.4 is 15.8 Å². The van der Waals surface area contributed by atoms with Gasteiger partial charge in [-0.05, 0) is 31.0 Å². The van der Waals surface area contributed by atoms with E-state index >= 15 is 0 Å². The molecule has 8 heteroatoms. The summed E-state index contributed by atoms with van der Waals surface area (Å²) in [5, 5.41) is 2.63. The van der Waals surface area contributed by atoms with Crippen molar-refractivity contribution in [1.82, 2.24) is 4.72 Å². The average Bonchev–Trinajstić information content (AvgIpc) is 2.45. The molecule has 0 aliphatic heterocycles. The maximum Gasteiger partial charge on any atom is 0.240 e. The van der Waals surface area contributed by atoms with E-state index in [1.807, 2.05) is 6.92 Å². The fourth-order valence-corrected chi connectivity index (χ4v) is 3.36. The van der Waals surface area contributed by atoms with E-state index in [4.69, 9.17) is 5.73 Å². The first kappa shape index (κ1) is 21.9. The van der Waals surface area contributed by atoms with Gasteiger partial charge in [-0.25, -0.2) is 13.1 Å². The first-order chi connectivity index (χ1) is 10.3. The van der Waals surface area contributed by atoms with Crippen molar-refractivity contribution in [2.24, 2.45) is 5.73 Å². The highest BCUT2D eigenvalue weighted by molar-refractivity contribution is 7.89. The fraction of sp³-hybridized carbons (Fsp3) is 0.533. The van der Waals surface area contributed by atoms with E-state index < -0.39 is 10.0 Å². The Labute approximate surface area is 144 Å². The summed E-state index contributed by atoms with van der Waals surface area (Å²) in [6, 6.07) is 4.38. The summed E-state index contributed by atoms with van der Waals surface area (Å²) in [6.07, 6.45) is 2.60. The Bertz CT molecular complexity index is 620. The van der Waals surface area contributed by atoms with Crippen LogP contribution in [-0.4, -0.2) is 26.9 Å². The zero-order chi connectivity index (χ0) is 16.8. The minimum Gasteiger partial charge on any atom is -0.329 e. The number of amides is 1. The van der Waals surface area contributed by atoms with Crippen LogP contribution in [0.1, 0.15) is 38.7 Å². The first-order valence-electron chi connectivity index (χ1n) is 7.40. The topological polar surface area (TPSA) is 101 Å². The number of aryl methyl sites for hydroxylation is 1. The summed E-state index contributed by atoms with van der Waals surface area (Å²) >= 11 is 0. The molecule has 0 saturated carbocycles. The third kappa shape index (κ3) is 6.87. The minimum atomic E-state index is -3.66. The molecule has 6 nitrogen and oxygen atoms in total. The molecule has 0 saturated heterocycles. The molecule has 1 aromatic carbocycles. The van der Waals surface area contributed by atoms with Crippen LogP contribution in [0.25, 0.3) is 0 Å². The zero-order valence-corrected chi connectivity index (χ0v) is 15.4. The lowest BCUT2D eigenvalue weighted by molar-refractivity contribution is -0.114. The molecule has 4 N–H and O–H groups in total. The number of hydrogen-bond donors (Lipinski definition) is 3. The lowest BCUT2D eigenvalue weighted by Gasteiger charge is -2.17. The van der Waals surface area contributed by atoms with Crippen LogP contribution in [0.15, 0.2) is 23.1 Å². The number of carbonyl (C=O) groups excluding carboxylic acids is 1. The highest BCUT2D eigenvalue weighted by Gasteiger charge is 2.20. The predicted molar refractivity (Wildman–Crippen MR) is 95.4 cm³/mol. The van der Waals surface area contributed by atoms with Crippen LogP contribution in [0.4, 0.5) is 5.69 Å². The molecule has 0 spiro atoms. The number of hydrogen-bond acceptors (Lipinski definition) is 4. The third-order valence-corrected chi connectivity index (χ3v) is 4.86. The number of anilines is 1. The SMILES string of the molecule is CCCCC(CN)NS(=O)(=O)c1ccc(C)c(NC(C)=O)c1.Cl. The van der Waals surface area contributed by atoms with Crippen LogP contribution in [0.5, 0.6) is 0 Å². The van der Waals surface area contributed by atoms with E-state index in [1.54, 1.807) is 13.0 Å². The Morgan fingerprint density at radius 1 is 1.35 bits per heavy atom. The van der Waals surface area contributed by atoms with Gasteiger partial charge in [-0.2, -0.15) is 0 Å². The zero-order valence-electron chi connectivity index (χ0n) is 13.8. The lowest BCUT2D eigenvalue weighted by atomic mass is 10.1. The van der Waals surface area contributed by atoms with Crippen molar-refractivity contribution in [3.63, 3.8) is 0 Å². The van der Waals surface area contributed by atoms with E-state index in [-0.39, 0.29) is 35.8 Å². The summed E-state index contributed by atoms with van der Waals surface area (Å²) in [4.78, 5) is 11.3. The third-order valence-electron chi connectivity index (χ3n) is 3.34. The molecule has 1 aromatic rings. The molecule has 0 fully saturated rings. The Morgan fingerprint density at radius 3 is 2.52 bits per heavy atom. The highest BCUT2D eigenvalue weighted by Crippen LogP contribution is 2.20. The number of nitrogens with two attached hydrogens (primary N) is 1. The average molecular weight is 364 g/mol. The molecule has 0 heterocycles. The van der Waals surface area contributed by atoms with Gasteiger partial charge in [0, 0.05) is 25.2 Å². The molecule has 1 amide bonds. The van der Waals surface area contributed by atoms with Gasteiger partial charge < -0.3 is 11.1 Å². The van der Waals surface area contributed by atoms with Crippen molar-refractivity contribution >= 4 is 34.0 Å². The van der Waals surface area contributed by atoms with Gasteiger partial charge in [0.25, 0.3) is 0 Å². The van der Waals surface area contributed by atoms with Crippen LogP contribution in [0.3, 0.4) is 0 Å². The van der Waals surface area contributed by atoms with Gasteiger partial charge in [-0.15, -0.1) is 12.4 Å². The van der Waals surface area contributed by atoms with Crippen LogP contribution >= 0.6 is 12.4 Å². The monoisotopic (exact) mass is 363 g/mol. The molecule has 132 valence electrons. The molecule has 23 heavy (non-hydrogen) atoms. The molecular formula is C15H26ClN3O3S. The smallest absolute Gasteiger partial charge is 0.240 e. The van der Waals surface area contributed by atoms with Crippen molar-refractivity contribution in [1.29, 1.82) is 0 Å². The molecule has 0 aromatic heterocycles. The number of sulfonamides is 1. The molecular weight excluding hydrogens is 338 g/mol. The Balaban J connectivity index is 0.00000484. The molecule has 0 bridgehead atoms. The number of unbranched alkanes of at least 4 members (excludes halogenated alkanes) is 1. The van der Waals surface area contributed by atoms with E-state index in [9.17, 15) is 13.2 Å². The Morgan fingerprint density at radius 2 is 2.00 bits per heavy atom. The number of halogens is 1. The van der Waals surface area contributed by atoms with Gasteiger partial charge in [0.15, 0.2) is 0 Å². The van der Waals surface area contributed by atoms with E-state index in [0.717, 1.165) is 18.4 Å². The van der Waals surface area contributed by atoms with E-state index in [0.29, 0.717) is 12.1 Å². The summed E-state index contributed by atoms with van der Waals surface area (Å²) in [7, 11) is -3.66. The van der Waals surface area contributed by atoms with Crippen molar-refractivity contribution in [2.45, 2.75) is 51.0 Å². The summed E-state index contributed by atoms with van der Waals surface area (Å²) in [5.74, 6) is -0.242. The normalized spacial score (nSPS) is 12.3. The van der Waals surface area contributed by atoms with Gasteiger partial charge in [0.1, 0.15) is 0 Å². The largest absolute Gasteiger partial charge is 0.329 e. The molecule has 1 atom stereocenters. The number of benzene rings is 1. The number of rotatable bonds is 8. The van der Waals surface area contributed by atoms with Gasteiger partial charge in [0.05, 0.1) is 4.90 Å². The standard InChI is InChI=1S/C15H25N3O3S.ClH/c1-4-5-6-13(10-16)18-22(20,21)14-8-7-11(2)15(9-14)17-12(3)19;/h7-9,13,18H,4-6,10,16H2,1-3H3,(H,17,19);1H. The fourth-order valence-electron chi connectivity index (χ4n) is 2.06. The van der Waals surface area contributed by atoms with E-state index in [1.165, 1.54) is 19.1 Å². The van der Waals surface area contributed by atoms with Crippen molar-refractivity contribution in [3.05, 3.63) is 23.8 Å². The second kappa shape index (κ2) is 9.87. The van der Waals surface area contributed by atoms with Gasteiger partial charge >= 0.3 is 0 Å². The van der Waals surface area contributed by atoms with Gasteiger partial charge in [0.2, 0.25) is 15.9 Å². The molecule has 0 aliphatic rings.